The van der Waals surface area contributed by atoms with Crippen molar-refractivity contribution < 1.29 is 31.9 Å². The molecule has 0 N–H and O–H groups in total. The van der Waals surface area contributed by atoms with Gasteiger partial charge in [0.25, 0.3) is 5.91 Å². The number of hydrogen-bond donors (Lipinski definition) is 0. The monoisotopic (exact) mass is 538 g/mol. The molecule has 0 radical (unpaired) electrons. The average molecular weight is 539 g/mol. The zero-order valence-corrected chi connectivity index (χ0v) is 22.3. The Kier molecular flexibility index (Phi) is 6.48. The lowest BCUT2D eigenvalue weighted by atomic mass is 10.0. The fraction of sp³-hybridized carbons (Fsp3) is 0.286. The number of ether oxygens (including phenoxy) is 2. The lowest BCUT2D eigenvalue weighted by molar-refractivity contribution is -0.122. The first-order valence-electron chi connectivity index (χ1n) is 12.1. The molecule has 8 nitrogen and oxygen atoms in total. The van der Waals surface area contributed by atoms with Crippen LogP contribution in [-0.2, 0) is 26.2 Å². The van der Waals surface area contributed by atoms with Gasteiger partial charge in [-0.15, -0.1) is 0 Å². The molecular formula is C28H27FN2O6S. The quantitative estimate of drug-likeness (QED) is 0.434. The van der Waals surface area contributed by atoms with Crippen molar-refractivity contribution >= 4 is 27.5 Å². The molecule has 10 heteroatoms. The predicted molar refractivity (Wildman–Crippen MR) is 138 cm³/mol. The number of aryl methyl sites for hydroxylation is 2. The largest absolute Gasteiger partial charge is 0.454 e. The number of benzene rings is 3. The third-order valence-electron chi connectivity index (χ3n) is 7.19. The van der Waals surface area contributed by atoms with Gasteiger partial charge in [0, 0.05) is 6.54 Å². The van der Waals surface area contributed by atoms with E-state index in [0.717, 1.165) is 32.5 Å². The fourth-order valence-corrected chi connectivity index (χ4v) is 7.12. The van der Waals surface area contributed by atoms with Gasteiger partial charge >= 0.3 is 0 Å². The third kappa shape index (κ3) is 4.33. The molecule has 1 fully saturated rings. The number of fused-ring (bicyclic) bond motifs is 1. The summed E-state index contributed by atoms with van der Waals surface area (Å²) in [5.41, 5.74) is 3.51. The second-order valence-electron chi connectivity index (χ2n) is 9.59. The first-order chi connectivity index (χ1) is 18.0. The maximum atomic E-state index is 14.4. The molecule has 5 rings (SSSR count). The number of hydrogen-bond acceptors (Lipinski definition) is 6. The van der Waals surface area contributed by atoms with Crippen LogP contribution in [0.2, 0.25) is 0 Å². The lowest BCUT2D eigenvalue weighted by Gasteiger charge is -2.29. The van der Waals surface area contributed by atoms with Crippen LogP contribution < -0.4 is 14.4 Å². The minimum absolute atomic E-state index is 0.0595. The molecule has 2 heterocycles. The van der Waals surface area contributed by atoms with Gasteiger partial charge in [-0.3, -0.25) is 9.59 Å². The van der Waals surface area contributed by atoms with Gasteiger partial charge < -0.3 is 9.47 Å². The highest BCUT2D eigenvalue weighted by molar-refractivity contribution is 7.89. The minimum Gasteiger partial charge on any atom is -0.454 e. The number of imide groups is 1. The zero-order valence-electron chi connectivity index (χ0n) is 21.4. The van der Waals surface area contributed by atoms with Crippen LogP contribution in [0.25, 0.3) is 0 Å². The van der Waals surface area contributed by atoms with Crippen LogP contribution in [0.5, 0.6) is 11.5 Å². The lowest BCUT2D eigenvalue weighted by Crippen LogP contribution is -2.45. The van der Waals surface area contributed by atoms with E-state index in [9.17, 15) is 22.4 Å². The van der Waals surface area contributed by atoms with Crippen molar-refractivity contribution in [3.8, 4) is 11.5 Å². The van der Waals surface area contributed by atoms with E-state index in [0.29, 0.717) is 28.2 Å². The van der Waals surface area contributed by atoms with Crippen LogP contribution in [0, 0.1) is 33.5 Å². The fourth-order valence-electron chi connectivity index (χ4n) is 4.97. The number of carbonyl (C=O) groups is 2. The Labute approximate surface area is 220 Å². The van der Waals surface area contributed by atoms with Crippen LogP contribution >= 0.6 is 0 Å². The summed E-state index contributed by atoms with van der Waals surface area (Å²) < 4.78 is 54.2. The molecular weight excluding hydrogens is 511 g/mol. The Morgan fingerprint density at radius 3 is 2.21 bits per heavy atom. The minimum atomic E-state index is -4.27. The summed E-state index contributed by atoms with van der Waals surface area (Å²) in [7, 11) is -4.27. The van der Waals surface area contributed by atoms with Crippen LogP contribution in [0.3, 0.4) is 0 Å². The standard InChI is InChI=1S/C28H27FN2O6S/c1-16-11-17(2)19(4)27(18(16)3)38(34,35)30(14-20-5-10-24-25(12-20)37-15-36-24)23-13-26(32)31(28(23)33)22-8-6-21(29)7-9-22/h5-12,23H,13-15H2,1-4H3. The predicted octanol–water partition coefficient (Wildman–Crippen LogP) is 4.31. The normalized spacial score (nSPS) is 17.1. The maximum Gasteiger partial charge on any atom is 0.252 e. The van der Waals surface area contributed by atoms with Gasteiger partial charge in [0.2, 0.25) is 22.7 Å². The third-order valence-corrected chi connectivity index (χ3v) is 9.32. The molecule has 1 unspecified atom stereocenters. The summed E-state index contributed by atoms with van der Waals surface area (Å²) in [5, 5.41) is 0. The van der Waals surface area contributed by atoms with E-state index < -0.39 is 33.7 Å². The molecule has 198 valence electrons. The molecule has 2 aliphatic heterocycles. The Bertz CT molecular complexity index is 1540. The summed E-state index contributed by atoms with van der Waals surface area (Å²) in [6.45, 7) is 7.03. The van der Waals surface area contributed by atoms with Crippen molar-refractivity contribution in [2.24, 2.45) is 0 Å². The molecule has 0 spiro atoms. The van der Waals surface area contributed by atoms with Gasteiger partial charge in [-0.05, 0) is 91.9 Å². The van der Waals surface area contributed by atoms with E-state index in [4.69, 9.17) is 9.47 Å². The molecule has 1 saturated heterocycles. The van der Waals surface area contributed by atoms with Gasteiger partial charge in [0.15, 0.2) is 11.5 Å². The van der Waals surface area contributed by atoms with Crippen molar-refractivity contribution in [2.45, 2.75) is 51.6 Å². The first kappa shape index (κ1) is 25.9. The average Bonchev–Trinajstić information content (AvgIpc) is 3.45. The van der Waals surface area contributed by atoms with Crippen molar-refractivity contribution in [3.63, 3.8) is 0 Å². The SMILES string of the molecule is Cc1cc(C)c(C)c(S(=O)(=O)N(Cc2ccc3c(c2)OCO3)C2CC(=O)N(c3ccc(F)cc3)C2=O)c1C. The number of halogens is 1. The summed E-state index contributed by atoms with van der Waals surface area (Å²) in [6.07, 6.45) is -0.344. The summed E-state index contributed by atoms with van der Waals surface area (Å²) >= 11 is 0. The Morgan fingerprint density at radius 2 is 1.55 bits per heavy atom. The number of sulfonamides is 1. The number of carbonyl (C=O) groups excluding carboxylic acids is 2. The highest BCUT2D eigenvalue weighted by atomic mass is 32.2. The molecule has 2 amide bonds. The second-order valence-corrected chi connectivity index (χ2v) is 11.4. The highest BCUT2D eigenvalue weighted by Crippen LogP contribution is 2.37. The Morgan fingerprint density at radius 1 is 0.921 bits per heavy atom. The number of anilines is 1. The van der Waals surface area contributed by atoms with Crippen molar-refractivity contribution in [1.82, 2.24) is 4.31 Å². The first-order valence-corrected chi connectivity index (χ1v) is 13.5. The van der Waals surface area contributed by atoms with Crippen molar-refractivity contribution in [2.75, 3.05) is 11.7 Å². The molecule has 3 aromatic rings. The van der Waals surface area contributed by atoms with E-state index in [2.05, 4.69) is 0 Å². The van der Waals surface area contributed by atoms with Gasteiger partial charge in [-0.25, -0.2) is 17.7 Å². The number of amides is 2. The van der Waals surface area contributed by atoms with E-state index in [-0.39, 0.29) is 30.3 Å². The van der Waals surface area contributed by atoms with Crippen LogP contribution in [0.4, 0.5) is 10.1 Å². The van der Waals surface area contributed by atoms with Gasteiger partial charge in [-0.1, -0.05) is 12.1 Å². The van der Waals surface area contributed by atoms with Crippen LogP contribution in [0.1, 0.15) is 34.2 Å². The molecule has 38 heavy (non-hydrogen) atoms. The van der Waals surface area contributed by atoms with Gasteiger partial charge in [0.1, 0.15) is 11.9 Å². The molecule has 3 aromatic carbocycles. The van der Waals surface area contributed by atoms with Crippen LogP contribution in [-0.4, -0.2) is 37.4 Å². The van der Waals surface area contributed by atoms with Crippen molar-refractivity contribution in [3.05, 3.63) is 82.2 Å². The summed E-state index contributed by atoms with van der Waals surface area (Å²) in [6, 6.07) is 10.6. The smallest absolute Gasteiger partial charge is 0.252 e. The topological polar surface area (TPSA) is 93.2 Å². The van der Waals surface area contributed by atoms with Crippen LogP contribution in [0.15, 0.2) is 53.4 Å². The second kappa shape index (κ2) is 9.52. The molecule has 0 aromatic heterocycles. The number of rotatable bonds is 6. The highest BCUT2D eigenvalue weighted by Gasteiger charge is 2.47. The zero-order chi connectivity index (χ0) is 27.4. The molecule has 1 atom stereocenters. The molecule has 0 saturated carbocycles. The summed E-state index contributed by atoms with van der Waals surface area (Å²) in [5.74, 6) is -0.756. The molecule has 2 aliphatic rings. The Balaban J connectivity index is 1.62. The summed E-state index contributed by atoms with van der Waals surface area (Å²) in [4.78, 5) is 27.8. The molecule has 0 bridgehead atoms. The number of nitrogens with zero attached hydrogens (tertiary/aromatic N) is 2. The van der Waals surface area contributed by atoms with E-state index in [1.807, 2.05) is 19.9 Å². The van der Waals surface area contributed by atoms with E-state index in [1.54, 1.807) is 32.0 Å². The van der Waals surface area contributed by atoms with Gasteiger partial charge in [-0.2, -0.15) is 4.31 Å². The molecule has 0 aliphatic carbocycles. The maximum absolute atomic E-state index is 14.4. The van der Waals surface area contributed by atoms with Crippen molar-refractivity contribution in [1.29, 1.82) is 0 Å². The van der Waals surface area contributed by atoms with E-state index >= 15 is 0 Å². The Hall–Kier alpha value is -3.76. The van der Waals surface area contributed by atoms with E-state index in [1.165, 1.54) is 12.1 Å². The van der Waals surface area contributed by atoms with Gasteiger partial charge in [0.05, 0.1) is 17.0 Å².